The Morgan fingerprint density at radius 1 is 1.12 bits per heavy atom. The fourth-order valence-corrected chi connectivity index (χ4v) is 4.05. The lowest BCUT2D eigenvalue weighted by Crippen LogP contribution is -2.21. The summed E-state index contributed by atoms with van der Waals surface area (Å²) in [4.78, 5) is 22.4. The molecule has 26 heavy (non-hydrogen) atoms. The maximum atomic E-state index is 12.1. The van der Waals surface area contributed by atoms with E-state index in [1.54, 1.807) is 17.0 Å². The lowest BCUT2D eigenvalue weighted by molar-refractivity contribution is -0.144. The fraction of sp³-hybridized carbons (Fsp3) is 0.111. The standard InChI is InChI=1S/C18H16N2O4S2/c1-12-5-6-14(25-26-15-4-2-3-9-19-15)10-13(12)11-18(23)24-20-16(21)7-8-17(20)22/h2-10,21-22H,11H2,1H3. The molecule has 6 nitrogen and oxygen atoms in total. The first-order valence-electron chi connectivity index (χ1n) is 7.69. The van der Waals surface area contributed by atoms with E-state index in [-0.39, 0.29) is 18.2 Å². The Bertz CT molecular complexity index is 893. The van der Waals surface area contributed by atoms with Gasteiger partial charge in [0.2, 0.25) is 11.8 Å². The van der Waals surface area contributed by atoms with Crippen LogP contribution in [0.4, 0.5) is 0 Å². The average Bonchev–Trinajstić information content (AvgIpc) is 2.95. The number of carbonyl (C=O) groups excluding carboxylic acids is 1. The number of pyridine rings is 1. The summed E-state index contributed by atoms with van der Waals surface area (Å²) in [5.41, 5.74) is 1.77. The molecule has 0 bridgehead atoms. The zero-order valence-corrected chi connectivity index (χ0v) is 15.5. The van der Waals surface area contributed by atoms with Crippen LogP contribution in [-0.2, 0) is 11.2 Å². The van der Waals surface area contributed by atoms with Crippen LogP contribution in [0.5, 0.6) is 11.8 Å². The van der Waals surface area contributed by atoms with Crippen LogP contribution in [0.1, 0.15) is 11.1 Å². The monoisotopic (exact) mass is 388 g/mol. The van der Waals surface area contributed by atoms with Crippen LogP contribution in [0, 0.1) is 6.92 Å². The molecule has 0 saturated carbocycles. The molecule has 0 aliphatic rings. The van der Waals surface area contributed by atoms with E-state index in [1.165, 1.54) is 22.9 Å². The predicted octanol–water partition coefficient (Wildman–Crippen LogP) is 3.60. The molecule has 2 aromatic heterocycles. The van der Waals surface area contributed by atoms with Gasteiger partial charge in [0.1, 0.15) is 5.03 Å². The summed E-state index contributed by atoms with van der Waals surface area (Å²) in [7, 11) is 3.08. The predicted molar refractivity (Wildman–Crippen MR) is 100 cm³/mol. The molecule has 0 aliphatic heterocycles. The molecular formula is C18H16N2O4S2. The SMILES string of the molecule is Cc1ccc(SSc2ccccn2)cc1CC(=O)On1c(O)ccc1O. The van der Waals surface area contributed by atoms with Gasteiger partial charge < -0.3 is 15.1 Å². The Labute approximate surface area is 158 Å². The maximum absolute atomic E-state index is 12.1. The minimum atomic E-state index is -0.588. The van der Waals surface area contributed by atoms with Gasteiger partial charge in [-0.15, -0.1) is 4.73 Å². The first-order chi connectivity index (χ1) is 12.5. The van der Waals surface area contributed by atoms with Crippen LogP contribution in [0.25, 0.3) is 0 Å². The summed E-state index contributed by atoms with van der Waals surface area (Å²) < 4.78 is 0.688. The molecule has 8 heteroatoms. The summed E-state index contributed by atoms with van der Waals surface area (Å²) in [6, 6.07) is 14.0. The zero-order chi connectivity index (χ0) is 18.5. The van der Waals surface area contributed by atoms with Gasteiger partial charge in [0.05, 0.1) is 6.42 Å². The maximum Gasteiger partial charge on any atom is 0.337 e. The van der Waals surface area contributed by atoms with E-state index in [0.717, 1.165) is 21.0 Å². The molecule has 0 radical (unpaired) electrons. The van der Waals surface area contributed by atoms with Gasteiger partial charge in [0.25, 0.3) is 0 Å². The van der Waals surface area contributed by atoms with Crippen LogP contribution in [0.15, 0.2) is 64.6 Å². The van der Waals surface area contributed by atoms with Gasteiger partial charge in [-0.1, -0.05) is 22.9 Å². The number of benzene rings is 1. The van der Waals surface area contributed by atoms with Gasteiger partial charge in [-0.25, -0.2) is 9.78 Å². The highest BCUT2D eigenvalue weighted by atomic mass is 33.1. The second-order valence-corrected chi connectivity index (χ2v) is 7.63. The van der Waals surface area contributed by atoms with Crippen molar-refractivity contribution in [3.8, 4) is 11.8 Å². The number of aryl methyl sites for hydroxylation is 1. The Morgan fingerprint density at radius 2 is 1.88 bits per heavy atom. The van der Waals surface area contributed by atoms with Crippen LogP contribution in [0.3, 0.4) is 0 Å². The molecule has 0 saturated heterocycles. The fourth-order valence-electron chi connectivity index (χ4n) is 2.16. The van der Waals surface area contributed by atoms with Crippen molar-refractivity contribution >= 4 is 27.6 Å². The highest BCUT2D eigenvalue weighted by Crippen LogP contribution is 2.36. The number of hydrogen-bond donors (Lipinski definition) is 2. The van der Waals surface area contributed by atoms with Crippen LogP contribution < -0.4 is 4.84 Å². The quantitative estimate of drug-likeness (QED) is 0.624. The van der Waals surface area contributed by atoms with E-state index in [0.29, 0.717) is 4.73 Å². The van der Waals surface area contributed by atoms with Gasteiger partial charge in [0.15, 0.2) is 0 Å². The molecule has 3 rings (SSSR count). The van der Waals surface area contributed by atoms with E-state index >= 15 is 0 Å². The van der Waals surface area contributed by atoms with Gasteiger partial charge in [-0.2, -0.15) is 0 Å². The molecule has 2 heterocycles. The van der Waals surface area contributed by atoms with Crippen molar-refractivity contribution in [2.75, 3.05) is 0 Å². The Morgan fingerprint density at radius 3 is 2.58 bits per heavy atom. The van der Waals surface area contributed by atoms with Crippen molar-refractivity contribution in [1.82, 2.24) is 9.71 Å². The van der Waals surface area contributed by atoms with E-state index in [2.05, 4.69) is 4.98 Å². The van der Waals surface area contributed by atoms with E-state index < -0.39 is 5.97 Å². The van der Waals surface area contributed by atoms with Crippen molar-refractivity contribution in [3.05, 3.63) is 65.9 Å². The second-order valence-electron chi connectivity index (χ2n) is 5.41. The largest absolute Gasteiger partial charge is 0.492 e. The van der Waals surface area contributed by atoms with Crippen molar-refractivity contribution in [2.45, 2.75) is 23.3 Å². The highest BCUT2D eigenvalue weighted by molar-refractivity contribution is 8.76. The molecule has 3 aromatic rings. The minimum absolute atomic E-state index is 0.0194. The topological polar surface area (TPSA) is 84.6 Å². The van der Waals surface area contributed by atoms with Gasteiger partial charge >= 0.3 is 5.97 Å². The van der Waals surface area contributed by atoms with Crippen LogP contribution in [-0.4, -0.2) is 25.9 Å². The van der Waals surface area contributed by atoms with Gasteiger partial charge in [-0.3, -0.25) is 0 Å². The molecule has 2 N–H and O–H groups in total. The van der Waals surface area contributed by atoms with E-state index in [1.807, 2.05) is 43.3 Å². The van der Waals surface area contributed by atoms with Gasteiger partial charge in [0, 0.05) is 23.2 Å². The van der Waals surface area contributed by atoms with E-state index in [4.69, 9.17) is 4.84 Å². The number of aromatic nitrogens is 2. The third-order valence-corrected chi connectivity index (χ3v) is 5.79. The molecule has 0 atom stereocenters. The molecule has 1 aromatic carbocycles. The lowest BCUT2D eigenvalue weighted by Gasteiger charge is -2.10. The smallest absolute Gasteiger partial charge is 0.337 e. The molecular weight excluding hydrogens is 372 g/mol. The number of carbonyl (C=O) groups is 1. The van der Waals surface area contributed by atoms with Crippen molar-refractivity contribution in [2.24, 2.45) is 0 Å². The van der Waals surface area contributed by atoms with Crippen LogP contribution >= 0.6 is 21.6 Å². The number of rotatable bonds is 6. The molecule has 0 unspecified atom stereocenters. The van der Waals surface area contributed by atoms with Crippen molar-refractivity contribution < 1.29 is 19.8 Å². The highest BCUT2D eigenvalue weighted by Gasteiger charge is 2.14. The summed E-state index contributed by atoms with van der Waals surface area (Å²) >= 11 is 0. The van der Waals surface area contributed by atoms with Crippen LogP contribution in [0.2, 0.25) is 0 Å². The van der Waals surface area contributed by atoms with Gasteiger partial charge in [-0.05, 0) is 53.1 Å². The third-order valence-electron chi connectivity index (χ3n) is 3.51. The Kier molecular flexibility index (Phi) is 5.75. The molecule has 134 valence electrons. The first-order valence-corrected chi connectivity index (χ1v) is 9.84. The van der Waals surface area contributed by atoms with Crippen molar-refractivity contribution in [1.29, 1.82) is 0 Å². The molecule has 0 fully saturated rings. The summed E-state index contributed by atoms with van der Waals surface area (Å²) in [6.07, 6.45) is 1.76. The lowest BCUT2D eigenvalue weighted by atomic mass is 10.1. The van der Waals surface area contributed by atoms with E-state index in [9.17, 15) is 15.0 Å². The normalized spacial score (nSPS) is 10.7. The Balaban J connectivity index is 1.66. The molecule has 0 spiro atoms. The number of hydrogen-bond acceptors (Lipinski definition) is 7. The average molecular weight is 388 g/mol. The summed E-state index contributed by atoms with van der Waals surface area (Å²) in [6.45, 7) is 1.91. The molecule has 0 aliphatic carbocycles. The van der Waals surface area contributed by atoms with Crippen molar-refractivity contribution in [3.63, 3.8) is 0 Å². The summed E-state index contributed by atoms with van der Waals surface area (Å²) in [5.74, 6) is -1.28. The first kappa shape index (κ1) is 18.2. The molecule has 0 amide bonds. The Hall–Kier alpha value is -2.58. The second kappa shape index (κ2) is 8.20. The summed E-state index contributed by atoms with van der Waals surface area (Å²) in [5, 5.41) is 20.0. The minimum Gasteiger partial charge on any atom is -0.492 e. The number of aromatic hydroxyl groups is 2. The third kappa shape index (κ3) is 4.53. The number of nitrogens with zero attached hydrogens (tertiary/aromatic N) is 2. The zero-order valence-electron chi connectivity index (χ0n) is 13.8.